The monoisotopic (exact) mass is 276 g/mol. The number of carbonyl (C=O) groups is 1. The van der Waals surface area contributed by atoms with E-state index in [1.165, 1.54) is 26.2 Å². The maximum atomic E-state index is 13.2. The van der Waals surface area contributed by atoms with Crippen LogP contribution in [0.2, 0.25) is 0 Å². The second-order valence-corrected chi connectivity index (χ2v) is 3.83. The Morgan fingerprint density at radius 3 is 2.67 bits per heavy atom. The number of hydrogen-bond acceptors (Lipinski definition) is 2. The van der Waals surface area contributed by atoms with Gasteiger partial charge in [-0.1, -0.05) is 0 Å². The molecule has 0 aromatic heterocycles. The maximum Gasteiger partial charge on any atom is 0.310 e. The number of halogens is 2. The van der Waals surface area contributed by atoms with E-state index in [1.54, 1.807) is 0 Å². The highest BCUT2D eigenvalue weighted by Gasteiger charge is 2.23. The third-order valence-electron chi connectivity index (χ3n) is 2.12. The highest BCUT2D eigenvalue weighted by atomic mass is 79.9. The van der Waals surface area contributed by atoms with Crippen LogP contribution in [0.4, 0.5) is 4.39 Å². The van der Waals surface area contributed by atoms with Crippen molar-refractivity contribution in [3.05, 3.63) is 28.0 Å². The topological polar surface area (TPSA) is 46.5 Å². The molecule has 0 bridgehead atoms. The Morgan fingerprint density at radius 1 is 1.60 bits per heavy atom. The van der Waals surface area contributed by atoms with Crippen molar-refractivity contribution in [3.63, 3.8) is 0 Å². The number of hydrogen-bond donors (Lipinski definition) is 1. The number of rotatable bonds is 3. The fourth-order valence-electron chi connectivity index (χ4n) is 1.25. The molecular formula is C10H10BrFO3. The molecule has 0 aliphatic rings. The lowest BCUT2D eigenvalue weighted by Crippen LogP contribution is -2.10. The Kier molecular flexibility index (Phi) is 3.68. The van der Waals surface area contributed by atoms with E-state index in [0.29, 0.717) is 11.3 Å². The lowest BCUT2D eigenvalue weighted by Gasteiger charge is -2.14. The first-order valence-electron chi connectivity index (χ1n) is 4.23. The Labute approximate surface area is 95.0 Å². The maximum absolute atomic E-state index is 13.2. The molecule has 1 unspecified atom stereocenters. The van der Waals surface area contributed by atoms with E-state index in [2.05, 4.69) is 15.9 Å². The van der Waals surface area contributed by atoms with Gasteiger partial charge in [-0.2, -0.15) is 0 Å². The van der Waals surface area contributed by atoms with Crippen LogP contribution in [-0.2, 0) is 4.79 Å². The molecule has 0 amide bonds. The minimum Gasteiger partial charge on any atom is -0.496 e. The van der Waals surface area contributed by atoms with Gasteiger partial charge in [0, 0.05) is 5.56 Å². The Balaban J connectivity index is 3.35. The van der Waals surface area contributed by atoms with Crippen LogP contribution in [0.25, 0.3) is 0 Å². The fourth-order valence-corrected chi connectivity index (χ4v) is 1.92. The molecule has 0 saturated heterocycles. The smallest absolute Gasteiger partial charge is 0.310 e. The molecule has 0 fully saturated rings. The number of benzene rings is 1. The molecule has 3 nitrogen and oxygen atoms in total. The molecule has 1 aromatic rings. The van der Waals surface area contributed by atoms with E-state index in [4.69, 9.17) is 9.84 Å². The van der Waals surface area contributed by atoms with Crippen LogP contribution < -0.4 is 4.74 Å². The van der Waals surface area contributed by atoms with Gasteiger partial charge in [-0.3, -0.25) is 4.79 Å². The molecule has 82 valence electrons. The predicted octanol–water partition coefficient (Wildman–Crippen LogP) is 2.78. The third-order valence-corrected chi connectivity index (χ3v) is 2.92. The summed E-state index contributed by atoms with van der Waals surface area (Å²) in [7, 11) is 1.41. The van der Waals surface area contributed by atoms with Crippen molar-refractivity contribution < 1.29 is 19.0 Å². The minimum absolute atomic E-state index is 0.136. The summed E-state index contributed by atoms with van der Waals surface area (Å²) in [6.45, 7) is 1.48. The first-order valence-corrected chi connectivity index (χ1v) is 5.03. The zero-order chi connectivity index (χ0) is 11.6. The molecule has 1 aromatic carbocycles. The van der Waals surface area contributed by atoms with Gasteiger partial charge < -0.3 is 9.84 Å². The van der Waals surface area contributed by atoms with Crippen molar-refractivity contribution >= 4 is 21.9 Å². The van der Waals surface area contributed by atoms with Gasteiger partial charge in [0.25, 0.3) is 0 Å². The summed E-state index contributed by atoms with van der Waals surface area (Å²) >= 11 is 3.02. The molecule has 1 atom stereocenters. The van der Waals surface area contributed by atoms with Gasteiger partial charge in [0.05, 0.1) is 17.5 Å². The largest absolute Gasteiger partial charge is 0.496 e. The van der Waals surface area contributed by atoms with Crippen LogP contribution in [-0.4, -0.2) is 18.2 Å². The average Bonchev–Trinajstić information content (AvgIpc) is 2.20. The molecule has 0 spiro atoms. The number of carboxylic acids is 1. The van der Waals surface area contributed by atoms with Crippen molar-refractivity contribution in [1.29, 1.82) is 0 Å². The quantitative estimate of drug-likeness (QED) is 0.924. The molecule has 5 heteroatoms. The predicted molar refractivity (Wildman–Crippen MR) is 56.7 cm³/mol. The second kappa shape index (κ2) is 4.61. The zero-order valence-corrected chi connectivity index (χ0v) is 9.84. The summed E-state index contributed by atoms with van der Waals surface area (Å²) < 4.78 is 18.4. The Hall–Kier alpha value is -1.10. The standard InChI is InChI=1S/C10H10BrFO3/c1-5(10(13)14)8-7(15-2)4-3-6(12)9(8)11/h3-5H,1-2H3,(H,13,14). The molecule has 0 aliphatic carbocycles. The van der Waals surface area contributed by atoms with Crippen LogP contribution in [0, 0.1) is 5.82 Å². The summed E-state index contributed by atoms with van der Waals surface area (Å²) in [5.41, 5.74) is 0.310. The van der Waals surface area contributed by atoms with Gasteiger partial charge in [-0.05, 0) is 35.0 Å². The average molecular weight is 277 g/mol. The summed E-state index contributed by atoms with van der Waals surface area (Å²) in [6, 6.07) is 2.63. The van der Waals surface area contributed by atoms with Gasteiger partial charge in [-0.15, -0.1) is 0 Å². The highest BCUT2D eigenvalue weighted by molar-refractivity contribution is 9.10. The lowest BCUT2D eigenvalue weighted by molar-refractivity contribution is -0.138. The molecule has 0 saturated carbocycles. The van der Waals surface area contributed by atoms with Crippen molar-refractivity contribution in [2.75, 3.05) is 7.11 Å². The van der Waals surface area contributed by atoms with Gasteiger partial charge in [0.15, 0.2) is 0 Å². The first-order chi connectivity index (χ1) is 6.99. The molecule has 0 heterocycles. The molecular weight excluding hydrogens is 267 g/mol. The van der Waals surface area contributed by atoms with Crippen molar-refractivity contribution in [1.82, 2.24) is 0 Å². The van der Waals surface area contributed by atoms with Crippen molar-refractivity contribution in [3.8, 4) is 5.75 Å². The van der Waals surface area contributed by atoms with Crippen molar-refractivity contribution in [2.24, 2.45) is 0 Å². The summed E-state index contributed by atoms with van der Waals surface area (Å²) in [5, 5.41) is 8.87. The molecule has 0 aliphatic heterocycles. The summed E-state index contributed by atoms with van der Waals surface area (Å²) in [6.07, 6.45) is 0. The second-order valence-electron chi connectivity index (χ2n) is 3.04. The van der Waals surface area contributed by atoms with Crippen LogP contribution >= 0.6 is 15.9 Å². The van der Waals surface area contributed by atoms with Crippen molar-refractivity contribution in [2.45, 2.75) is 12.8 Å². The normalized spacial score (nSPS) is 12.3. The highest BCUT2D eigenvalue weighted by Crippen LogP contribution is 2.35. The summed E-state index contributed by atoms with van der Waals surface area (Å²) in [5.74, 6) is -2.00. The van der Waals surface area contributed by atoms with E-state index >= 15 is 0 Å². The third kappa shape index (κ3) is 2.28. The van der Waals surface area contributed by atoms with Gasteiger partial charge in [0.2, 0.25) is 0 Å². The number of methoxy groups -OCH3 is 1. The van der Waals surface area contributed by atoms with E-state index in [1.807, 2.05) is 0 Å². The van der Waals surface area contributed by atoms with Crippen LogP contribution in [0.1, 0.15) is 18.4 Å². The van der Waals surface area contributed by atoms with Crippen LogP contribution in [0.15, 0.2) is 16.6 Å². The van der Waals surface area contributed by atoms with Crippen LogP contribution in [0.5, 0.6) is 5.75 Å². The lowest BCUT2D eigenvalue weighted by atomic mass is 10.0. The SMILES string of the molecule is COc1ccc(F)c(Br)c1C(C)C(=O)O. The fraction of sp³-hybridized carbons (Fsp3) is 0.300. The van der Waals surface area contributed by atoms with E-state index in [-0.39, 0.29) is 4.47 Å². The Morgan fingerprint density at radius 2 is 2.20 bits per heavy atom. The number of ether oxygens (including phenoxy) is 1. The van der Waals surface area contributed by atoms with Gasteiger partial charge >= 0.3 is 5.97 Å². The Bertz CT molecular complexity index is 392. The molecule has 1 rings (SSSR count). The van der Waals surface area contributed by atoms with E-state index in [0.717, 1.165) is 0 Å². The molecule has 1 N–H and O–H groups in total. The summed E-state index contributed by atoms with van der Waals surface area (Å²) in [4.78, 5) is 10.8. The first kappa shape index (κ1) is 12.0. The minimum atomic E-state index is -1.03. The number of carboxylic acid groups (broad SMARTS) is 1. The molecule has 0 radical (unpaired) electrons. The van der Waals surface area contributed by atoms with E-state index < -0.39 is 17.7 Å². The van der Waals surface area contributed by atoms with Gasteiger partial charge in [-0.25, -0.2) is 4.39 Å². The van der Waals surface area contributed by atoms with Gasteiger partial charge in [0.1, 0.15) is 11.6 Å². The molecule has 15 heavy (non-hydrogen) atoms. The number of aliphatic carboxylic acids is 1. The zero-order valence-electron chi connectivity index (χ0n) is 8.25. The van der Waals surface area contributed by atoms with Crippen LogP contribution in [0.3, 0.4) is 0 Å². The van der Waals surface area contributed by atoms with E-state index in [9.17, 15) is 9.18 Å².